The van der Waals surface area contributed by atoms with Crippen LogP contribution in [0.25, 0.3) is 10.7 Å². The molecule has 3 aromatic rings. The van der Waals surface area contributed by atoms with Gasteiger partial charge in [0.2, 0.25) is 5.91 Å². The highest BCUT2D eigenvalue weighted by atomic mass is 32.2. The maximum Gasteiger partial charge on any atom is 0.237 e. The second-order valence-electron chi connectivity index (χ2n) is 7.07. The molecule has 7 heteroatoms. The molecule has 0 radical (unpaired) electrons. The molecule has 0 bridgehead atoms. The van der Waals surface area contributed by atoms with Gasteiger partial charge < -0.3 is 5.73 Å². The molecule has 136 valence electrons. The van der Waals surface area contributed by atoms with Crippen LogP contribution in [0.1, 0.15) is 31.9 Å². The molecular formula is C19H22N4OS2. The monoisotopic (exact) mass is 386 g/mol. The lowest BCUT2D eigenvalue weighted by atomic mass is 9.87. The second-order valence-corrected chi connectivity index (χ2v) is 8.96. The molecular weight excluding hydrogens is 364 g/mol. The zero-order chi connectivity index (χ0) is 18.7. The number of aromatic nitrogens is 3. The first-order valence-electron chi connectivity index (χ1n) is 8.32. The topological polar surface area (TPSA) is 73.8 Å². The van der Waals surface area contributed by atoms with E-state index in [1.165, 1.54) is 11.1 Å². The zero-order valence-electron chi connectivity index (χ0n) is 15.1. The van der Waals surface area contributed by atoms with Crippen molar-refractivity contribution >= 4 is 29.0 Å². The zero-order valence-corrected chi connectivity index (χ0v) is 16.7. The number of amides is 1. The van der Waals surface area contributed by atoms with Gasteiger partial charge in [-0.2, -0.15) is 0 Å². The van der Waals surface area contributed by atoms with Gasteiger partial charge in [0.15, 0.2) is 11.0 Å². The molecule has 26 heavy (non-hydrogen) atoms. The molecule has 0 fully saturated rings. The number of nitrogens with two attached hydrogens (primary N) is 1. The first kappa shape index (κ1) is 18.7. The molecule has 2 heterocycles. The maximum absolute atomic E-state index is 11.5. The average Bonchev–Trinajstić information content (AvgIpc) is 3.22. The summed E-state index contributed by atoms with van der Waals surface area (Å²) in [6, 6.07) is 12.5. The smallest absolute Gasteiger partial charge is 0.237 e. The Balaban J connectivity index is 1.78. The van der Waals surface area contributed by atoms with Crippen molar-refractivity contribution in [3.8, 4) is 10.7 Å². The van der Waals surface area contributed by atoms with Crippen LogP contribution in [-0.4, -0.2) is 20.7 Å². The quantitative estimate of drug-likeness (QED) is 0.648. The van der Waals surface area contributed by atoms with E-state index in [0.717, 1.165) is 10.6 Å². The Hall–Kier alpha value is -2.12. The number of carbonyl (C=O) groups is 1. The molecule has 0 saturated heterocycles. The minimum atomic E-state index is -0.404. The van der Waals surface area contributed by atoms with Crippen molar-refractivity contribution in [3.05, 3.63) is 52.9 Å². The van der Waals surface area contributed by atoms with Gasteiger partial charge in [-0.25, -0.2) is 0 Å². The Kier molecular flexibility index (Phi) is 5.48. The summed E-state index contributed by atoms with van der Waals surface area (Å²) in [5, 5.41) is 11.2. The van der Waals surface area contributed by atoms with Crippen molar-refractivity contribution in [2.75, 3.05) is 0 Å². The van der Waals surface area contributed by atoms with E-state index in [0.29, 0.717) is 11.0 Å². The molecule has 1 aromatic carbocycles. The molecule has 0 aliphatic heterocycles. The van der Waals surface area contributed by atoms with Crippen LogP contribution in [0.2, 0.25) is 0 Å². The van der Waals surface area contributed by atoms with E-state index in [2.05, 4.69) is 55.2 Å². The van der Waals surface area contributed by atoms with Crippen LogP contribution in [0.15, 0.2) is 46.9 Å². The molecule has 1 amide bonds. The third kappa shape index (κ3) is 4.34. The van der Waals surface area contributed by atoms with Crippen LogP contribution in [0.4, 0.5) is 0 Å². The number of nitrogens with zero attached hydrogens (tertiary/aromatic N) is 3. The van der Waals surface area contributed by atoms with E-state index in [-0.39, 0.29) is 12.0 Å². The average molecular weight is 387 g/mol. The number of rotatable bonds is 6. The fourth-order valence-electron chi connectivity index (χ4n) is 2.53. The number of thioether (sulfide) groups is 1. The maximum atomic E-state index is 11.5. The SMILES string of the molecule is CC(C)(C)c1ccc(CSc2nnc(-c3cccs3)n2CC(N)=O)cc1. The third-order valence-corrected chi connectivity index (χ3v) is 5.86. The largest absolute Gasteiger partial charge is 0.368 e. The number of thiophene rings is 1. The van der Waals surface area contributed by atoms with Crippen molar-refractivity contribution < 1.29 is 4.79 Å². The fraction of sp³-hybridized carbons (Fsp3) is 0.316. The lowest BCUT2D eigenvalue weighted by molar-refractivity contribution is -0.118. The Morgan fingerprint density at radius 1 is 1.19 bits per heavy atom. The standard InChI is InChI=1S/C19H22N4OS2/c1-19(2,3)14-8-6-13(7-9-14)12-26-18-22-21-17(15-5-4-10-25-15)23(18)11-16(20)24/h4-10H,11-12H2,1-3H3,(H2,20,24). The minimum Gasteiger partial charge on any atom is -0.368 e. The van der Waals surface area contributed by atoms with Gasteiger partial charge in [-0.15, -0.1) is 21.5 Å². The Morgan fingerprint density at radius 3 is 2.50 bits per heavy atom. The van der Waals surface area contributed by atoms with Crippen molar-refractivity contribution in [1.29, 1.82) is 0 Å². The summed E-state index contributed by atoms with van der Waals surface area (Å²) in [6.07, 6.45) is 0. The van der Waals surface area contributed by atoms with Crippen molar-refractivity contribution in [2.24, 2.45) is 5.73 Å². The van der Waals surface area contributed by atoms with Gasteiger partial charge in [-0.3, -0.25) is 9.36 Å². The number of benzene rings is 1. The van der Waals surface area contributed by atoms with E-state index in [1.54, 1.807) is 27.7 Å². The number of hydrogen-bond acceptors (Lipinski definition) is 5. The fourth-order valence-corrected chi connectivity index (χ4v) is 4.14. The van der Waals surface area contributed by atoms with Crippen LogP contribution >= 0.6 is 23.1 Å². The number of carbonyl (C=O) groups excluding carboxylic acids is 1. The summed E-state index contributed by atoms with van der Waals surface area (Å²) in [6.45, 7) is 6.69. The van der Waals surface area contributed by atoms with Gasteiger partial charge in [0.1, 0.15) is 6.54 Å². The van der Waals surface area contributed by atoms with Crippen molar-refractivity contribution in [2.45, 2.75) is 43.6 Å². The molecule has 0 unspecified atom stereocenters. The molecule has 0 aliphatic rings. The van der Waals surface area contributed by atoms with Crippen LogP contribution in [0.5, 0.6) is 0 Å². The lowest BCUT2D eigenvalue weighted by Gasteiger charge is -2.19. The van der Waals surface area contributed by atoms with E-state index in [9.17, 15) is 4.79 Å². The van der Waals surface area contributed by atoms with Gasteiger partial charge in [0.05, 0.1) is 4.88 Å². The predicted octanol–water partition coefficient (Wildman–Crippen LogP) is 4.08. The highest BCUT2D eigenvalue weighted by Gasteiger charge is 2.17. The van der Waals surface area contributed by atoms with Crippen LogP contribution in [0.3, 0.4) is 0 Å². The Morgan fingerprint density at radius 2 is 1.92 bits per heavy atom. The summed E-state index contributed by atoms with van der Waals surface area (Å²) in [5.74, 6) is 1.04. The van der Waals surface area contributed by atoms with Crippen LogP contribution < -0.4 is 5.73 Å². The van der Waals surface area contributed by atoms with E-state index >= 15 is 0 Å². The van der Waals surface area contributed by atoms with Gasteiger partial charge in [0, 0.05) is 5.75 Å². The molecule has 0 spiro atoms. The van der Waals surface area contributed by atoms with Gasteiger partial charge in [-0.1, -0.05) is 62.9 Å². The normalized spacial score (nSPS) is 11.7. The van der Waals surface area contributed by atoms with Gasteiger partial charge >= 0.3 is 0 Å². The molecule has 2 N–H and O–H groups in total. The molecule has 2 aromatic heterocycles. The number of hydrogen-bond donors (Lipinski definition) is 1. The summed E-state index contributed by atoms with van der Waals surface area (Å²) in [7, 11) is 0. The van der Waals surface area contributed by atoms with Gasteiger partial charge in [-0.05, 0) is 28.0 Å². The first-order valence-corrected chi connectivity index (χ1v) is 10.2. The third-order valence-electron chi connectivity index (χ3n) is 3.96. The Labute approximate surface area is 161 Å². The van der Waals surface area contributed by atoms with E-state index in [1.807, 2.05) is 17.5 Å². The van der Waals surface area contributed by atoms with Crippen molar-refractivity contribution in [3.63, 3.8) is 0 Å². The molecule has 5 nitrogen and oxygen atoms in total. The minimum absolute atomic E-state index is 0.0749. The highest BCUT2D eigenvalue weighted by molar-refractivity contribution is 7.98. The highest BCUT2D eigenvalue weighted by Crippen LogP contribution is 2.29. The number of primary amides is 1. The van der Waals surface area contributed by atoms with Crippen LogP contribution in [-0.2, 0) is 22.5 Å². The van der Waals surface area contributed by atoms with Crippen molar-refractivity contribution in [1.82, 2.24) is 14.8 Å². The lowest BCUT2D eigenvalue weighted by Crippen LogP contribution is -2.19. The van der Waals surface area contributed by atoms with Gasteiger partial charge in [0.25, 0.3) is 0 Å². The molecule has 0 aliphatic carbocycles. The Bertz CT molecular complexity index is 877. The first-order chi connectivity index (χ1) is 12.3. The molecule has 0 saturated carbocycles. The predicted molar refractivity (Wildman–Crippen MR) is 107 cm³/mol. The van der Waals surface area contributed by atoms with Crippen LogP contribution in [0, 0.1) is 0 Å². The second kappa shape index (κ2) is 7.63. The summed E-state index contributed by atoms with van der Waals surface area (Å²) < 4.78 is 1.79. The summed E-state index contributed by atoms with van der Waals surface area (Å²) in [5.41, 5.74) is 8.07. The summed E-state index contributed by atoms with van der Waals surface area (Å²) in [4.78, 5) is 12.5. The summed E-state index contributed by atoms with van der Waals surface area (Å²) >= 11 is 3.12. The van der Waals surface area contributed by atoms with E-state index in [4.69, 9.17) is 5.73 Å². The molecule has 0 atom stereocenters. The van der Waals surface area contributed by atoms with E-state index < -0.39 is 5.91 Å². The molecule has 3 rings (SSSR count).